The van der Waals surface area contributed by atoms with E-state index in [2.05, 4.69) is 55.0 Å². The van der Waals surface area contributed by atoms with Crippen molar-refractivity contribution in [1.29, 1.82) is 0 Å². The highest BCUT2D eigenvalue weighted by Crippen LogP contribution is 2.67. The second kappa shape index (κ2) is 10.7. The van der Waals surface area contributed by atoms with Gasteiger partial charge in [0.05, 0.1) is 18.8 Å². The van der Waals surface area contributed by atoms with Crippen molar-refractivity contribution in [2.45, 2.75) is 133 Å². The predicted octanol–water partition coefficient (Wildman–Crippen LogP) is 6.87. The van der Waals surface area contributed by atoms with Gasteiger partial charge in [-0.25, -0.2) is 0 Å². The average molecular weight is 574 g/mol. The molecule has 0 aromatic heterocycles. The van der Waals surface area contributed by atoms with E-state index < -0.39 is 17.0 Å². The fraction of sp³-hybridized carbons (Fsp3) is 0.730. The minimum Gasteiger partial charge on any atom is -0.385 e. The molecule has 1 aromatic rings. The Morgan fingerprint density at radius 2 is 1.64 bits per heavy atom. The summed E-state index contributed by atoms with van der Waals surface area (Å²) in [6.07, 6.45) is 14.2. The Morgan fingerprint density at radius 3 is 2.36 bits per heavy atom. The van der Waals surface area contributed by atoms with Crippen LogP contribution in [0.25, 0.3) is 0 Å². The van der Waals surface area contributed by atoms with Crippen LogP contribution in [0.3, 0.4) is 0 Å². The van der Waals surface area contributed by atoms with Crippen molar-refractivity contribution >= 4 is 5.69 Å². The Labute approximate surface area is 253 Å². The van der Waals surface area contributed by atoms with Crippen LogP contribution >= 0.6 is 0 Å². The molecular weight excluding hydrogens is 522 g/mol. The minimum atomic E-state index is -0.966. The third-order valence-electron chi connectivity index (χ3n) is 12.8. The molecule has 228 valence electrons. The van der Waals surface area contributed by atoms with Gasteiger partial charge < -0.3 is 24.6 Å². The molecule has 5 heteroatoms. The van der Waals surface area contributed by atoms with Crippen LogP contribution in [0.1, 0.15) is 115 Å². The van der Waals surface area contributed by atoms with Gasteiger partial charge in [-0.2, -0.15) is 0 Å². The van der Waals surface area contributed by atoms with Gasteiger partial charge in [0.1, 0.15) is 5.60 Å². The number of hydrogen-bond donors (Lipinski definition) is 2. The summed E-state index contributed by atoms with van der Waals surface area (Å²) in [6, 6.07) is 9.98. The number of benzene rings is 1. The summed E-state index contributed by atoms with van der Waals surface area (Å²) in [4.78, 5) is 2.49. The molecule has 5 aliphatic carbocycles. The number of fused-ring (bicyclic) bond motifs is 4. The highest BCUT2D eigenvalue weighted by molar-refractivity contribution is 5.51. The van der Waals surface area contributed by atoms with Crippen molar-refractivity contribution in [3.05, 3.63) is 41.0 Å². The number of ether oxygens (including phenoxy) is 2. The third-order valence-corrected chi connectivity index (χ3v) is 12.8. The van der Waals surface area contributed by atoms with Crippen LogP contribution in [-0.2, 0) is 9.47 Å². The first-order valence-corrected chi connectivity index (χ1v) is 16.9. The lowest BCUT2D eigenvalue weighted by molar-refractivity contribution is -0.205. The molecule has 0 amide bonds. The monoisotopic (exact) mass is 573 g/mol. The van der Waals surface area contributed by atoms with E-state index >= 15 is 0 Å². The standard InChI is InChI=1S/C37H51NO4/c1-4-18-36(40)20-16-31-29-11-8-19-35(39)25-37(41-22-23-42-37)21-17-32(35)33(29)30(24-34(31,36)2)26-12-14-28(15-13-26)38(3)27-9-6-5-7-10-27/h12-15,27,29-31,39-40H,5-11,16-17,19-25H2,1-3H3/t29?,30?,31?,34?,35-,36?/m1/s1. The Bertz CT molecular complexity index is 1260. The minimum absolute atomic E-state index is 0.160. The summed E-state index contributed by atoms with van der Waals surface area (Å²) in [5, 5.41) is 24.5. The fourth-order valence-electron chi connectivity index (χ4n) is 10.6. The summed E-state index contributed by atoms with van der Waals surface area (Å²) in [5.74, 6) is 6.65. The second-order valence-corrected chi connectivity index (χ2v) is 14.8. The quantitative estimate of drug-likeness (QED) is 0.305. The van der Waals surface area contributed by atoms with E-state index in [1.165, 1.54) is 54.5 Å². The number of hydrogen-bond acceptors (Lipinski definition) is 5. The summed E-state index contributed by atoms with van der Waals surface area (Å²) in [7, 11) is 2.26. The van der Waals surface area contributed by atoms with Gasteiger partial charge >= 0.3 is 0 Å². The molecule has 7 rings (SSSR count). The van der Waals surface area contributed by atoms with Crippen LogP contribution in [0.4, 0.5) is 5.69 Å². The van der Waals surface area contributed by atoms with Gasteiger partial charge in [-0.3, -0.25) is 0 Å². The molecule has 1 spiro atoms. The predicted molar refractivity (Wildman–Crippen MR) is 166 cm³/mol. The van der Waals surface area contributed by atoms with Crippen molar-refractivity contribution in [1.82, 2.24) is 0 Å². The Balaban J connectivity index is 1.31. The third kappa shape index (κ3) is 4.50. The van der Waals surface area contributed by atoms with Crippen molar-refractivity contribution < 1.29 is 19.7 Å². The van der Waals surface area contributed by atoms with E-state index in [0.717, 1.165) is 51.4 Å². The highest BCUT2D eigenvalue weighted by Gasteiger charge is 2.63. The maximum absolute atomic E-state index is 12.5. The largest absolute Gasteiger partial charge is 0.385 e. The average Bonchev–Trinajstić information content (AvgIpc) is 3.49. The molecule has 1 heterocycles. The van der Waals surface area contributed by atoms with E-state index in [4.69, 9.17) is 9.47 Å². The van der Waals surface area contributed by atoms with Gasteiger partial charge in [0.25, 0.3) is 0 Å². The summed E-state index contributed by atoms with van der Waals surface area (Å²) >= 11 is 0. The molecule has 1 aromatic carbocycles. The Kier molecular flexibility index (Phi) is 7.33. The van der Waals surface area contributed by atoms with Crippen LogP contribution in [0.5, 0.6) is 0 Å². The lowest BCUT2D eigenvalue weighted by atomic mass is 9.52. The lowest BCUT2D eigenvalue weighted by Crippen LogP contribution is -2.52. The topological polar surface area (TPSA) is 62.2 Å². The summed E-state index contributed by atoms with van der Waals surface area (Å²) < 4.78 is 12.3. The van der Waals surface area contributed by atoms with E-state index in [1.807, 2.05) is 6.92 Å². The number of aliphatic hydroxyl groups is 2. The molecule has 0 bridgehead atoms. The Hall–Kier alpha value is -1.84. The van der Waals surface area contributed by atoms with Crippen LogP contribution in [0.2, 0.25) is 0 Å². The summed E-state index contributed by atoms with van der Waals surface area (Å²) in [6.45, 7) is 5.42. The number of nitrogens with zero attached hydrogens (tertiary/aromatic N) is 1. The zero-order chi connectivity index (χ0) is 29.2. The molecule has 1 saturated heterocycles. The van der Waals surface area contributed by atoms with E-state index in [9.17, 15) is 10.2 Å². The molecular formula is C37H51NO4. The van der Waals surface area contributed by atoms with Crippen molar-refractivity contribution in [2.24, 2.45) is 17.3 Å². The van der Waals surface area contributed by atoms with Gasteiger partial charge in [-0.15, -0.1) is 5.92 Å². The zero-order valence-electron chi connectivity index (χ0n) is 26.1. The van der Waals surface area contributed by atoms with Gasteiger partial charge in [0, 0.05) is 43.0 Å². The Morgan fingerprint density at radius 1 is 0.905 bits per heavy atom. The SMILES string of the molecule is CC#CC1(O)CCC2C3CCC[C@@]4(O)CC5(CCC4=C3C(c3ccc(N(C)C4CCCCC4)cc3)CC21C)OCCO5. The molecule has 42 heavy (non-hydrogen) atoms. The van der Waals surface area contributed by atoms with Crippen molar-refractivity contribution in [3.8, 4) is 11.8 Å². The smallest absolute Gasteiger partial charge is 0.171 e. The number of rotatable bonds is 3. The number of anilines is 1. The first kappa shape index (κ1) is 28.9. The molecule has 6 atom stereocenters. The first-order chi connectivity index (χ1) is 20.2. The van der Waals surface area contributed by atoms with Crippen LogP contribution in [0.15, 0.2) is 35.4 Å². The molecule has 0 radical (unpaired) electrons. The molecule has 5 fully saturated rings. The molecule has 4 saturated carbocycles. The first-order valence-electron chi connectivity index (χ1n) is 16.9. The fourth-order valence-corrected chi connectivity index (χ4v) is 10.6. The second-order valence-electron chi connectivity index (χ2n) is 14.8. The van der Waals surface area contributed by atoms with Gasteiger partial charge in [0.2, 0.25) is 0 Å². The summed E-state index contributed by atoms with van der Waals surface area (Å²) in [5.41, 5.74) is 3.21. The maximum Gasteiger partial charge on any atom is 0.171 e. The van der Waals surface area contributed by atoms with Crippen LogP contribution in [-0.4, -0.2) is 53.5 Å². The molecule has 5 unspecified atom stereocenters. The van der Waals surface area contributed by atoms with E-state index in [1.54, 1.807) is 0 Å². The van der Waals surface area contributed by atoms with E-state index in [-0.39, 0.29) is 11.3 Å². The number of allylic oxidation sites excluding steroid dienone is 1. The van der Waals surface area contributed by atoms with Gasteiger partial charge in [-0.05, 0) is 99.8 Å². The normalized spacial score (nSPS) is 39.6. The van der Waals surface area contributed by atoms with E-state index in [0.29, 0.717) is 37.5 Å². The molecule has 6 aliphatic rings. The van der Waals surface area contributed by atoms with Crippen molar-refractivity contribution in [2.75, 3.05) is 25.2 Å². The van der Waals surface area contributed by atoms with Crippen LogP contribution < -0.4 is 4.90 Å². The van der Waals surface area contributed by atoms with Gasteiger partial charge in [-0.1, -0.05) is 49.8 Å². The highest BCUT2D eigenvalue weighted by atomic mass is 16.7. The van der Waals surface area contributed by atoms with Crippen molar-refractivity contribution in [3.63, 3.8) is 0 Å². The lowest BCUT2D eigenvalue weighted by Gasteiger charge is -2.53. The molecule has 1 aliphatic heterocycles. The maximum atomic E-state index is 12.5. The van der Waals surface area contributed by atoms with Gasteiger partial charge in [0.15, 0.2) is 5.79 Å². The zero-order valence-corrected chi connectivity index (χ0v) is 26.1. The molecule has 2 N–H and O–H groups in total. The molecule has 5 nitrogen and oxygen atoms in total. The van der Waals surface area contributed by atoms with Crippen LogP contribution in [0, 0.1) is 29.1 Å².